The number of hydrogen-bond acceptors (Lipinski definition) is 2. The van der Waals surface area contributed by atoms with E-state index in [9.17, 15) is 4.79 Å². The van der Waals surface area contributed by atoms with Crippen molar-refractivity contribution in [1.82, 2.24) is 5.43 Å². The number of nitrogens with one attached hydrogen (secondary N) is 1. The van der Waals surface area contributed by atoms with Crippen LogP contribution in [0.25, 0.3) is 10.8 Å². The van der Waals surface area contributed by atoms with Crippen molar-refractivity contribution in [2.24, 2.45) is 5.10 Å². The van der Waals surface area contributed by atoms with Gasteiger partial charge in [0.15, 0.2) is 0 Å². The van der Waals surface area contributed by atoms with Gasteiger partial charge in [0, 0.05) is 0 Å². The third-order valence-electron chi connectivity index (χ3n) is 2.49. The normalized spacial score (nSPS) is 11.5. The van der Waals surface area contributed by atoms with Crippen molar-refractivity contribution in [3.05, 3.63) is 48.0 Å². The first-order valence-corrected chi connectivity index (χ1v) is 5.19. The molecule has 4 nitrogen and oxygen atoms in total. The molecule has 0 bridgehead atoms. The fourth-order valence-electron chi connectivity index (χ4n) is 1.61. The number of hydrogen-bond donors (Lipinski definition) is 2. The molecular weight excluding hydrogens is 216 g/mol. The first-order chi connectivity index (χ1) is 8.16. The molecule has 2 N–H and O–H groups in total. The Morgan fingerprint density at radius 2 is 1.88 bits per heavy atom. The Morgan fingerprint density at radius 3 is 2.59 bits per heavy atom. The average Bonchev–Trinajstić information content (AvgIpc) is 2.35. The first-order valence-electron chi connectivity index (χ1n) is 5.19. The molecule has 17 heavy (non-hydrogen) atoms. The Kier molecular flexibility index (Phi) is 3.05. The van der Waals surface area contributed by atoms with E-state index >= 15 is 0 Å². The van der Waals surface area contributed by atoms with Crippen LogP contribution < -0.4 is 5.43 Å². The van der Waals surface area contributed by atoms with Crippen LogP contribution in [0.2, 0.25) is 0 Å². The van der Waals surface area contributed by atoms with Gasteiger partial charge in [-0.25, -0.2) is 10.2 Å². The molecule has 0 spiro atoms. The van der Waals surface area contributed by atoms with Crippen molar-refractivity contribution >= 4 is 22.6 Å². The van der Waals surface area contributed by atoms with Gasteiger partial charge >= 0.3 is 6.09 Å². The summed E-state index contributed by atoms with van der Waals surface area (Å²) in [6, 6.07) is 13.9. The van der Waals surface area contributed by atoms with Crippen LogP contribution in [0.15, 0.2) is 47.6 Å². The van der Waals surface area contributed by atoms with Gasteiger partial charge in [-0.1, -0.05) is 36.4 Å². The van der Waals surface area contributed by atoms with Crippen LogP contribution >= 0.6 is 0 Å². The summed E-state index contributed by atoms with van der Waals surface area (Å²) in [5, 5.41) is 14.5. The molecule has 0 aliphatic rings. The first kappa shape index (κ1) is 11.1. The highest BCUT2D eigenvalue weighted by molar-refractivity contribution is 6.02. The molecule has 0 radical (unpaired) electrons. The van der Waals surface area contributed by atoms with E-state index in [-0.39, 0.29) is 0 Å². The molecule has 2 aromatic carbocycles. The van der Waals surface area contributed by atoms with Gasteiger partial charge < -0.3 is 5.11 Å². The van der Waals surface area contributed by atoms with Gasteiger partial charge in [0.05, 0.1) is 5.71 Å². The maximum Gasteiger partial charge on any atom is 0.425 e. The molecule has 0 aliphatic carbocycles. The minimum atomic E-state index is -1.16. The summed E-state index contributed by atoms with van der Waals surface area (Å²) in [6.45, 7) is 1.76. The fourth-order valence-corrected chi connectivity index (χ4v) is 1.61. The summed E-state index contributed by atoms with van der Waals surface area (Å²) in [4.78, 5) is 10.3. The lowest BCUT2D eigenvalue weighted by atomic mass is 10.0. The third kappa shape index (κ3) is 2.60. The molecule has 0 heterocycles. The standard InChI is InChI=1S/C13H12N2O2/c1-9(14-15-13(16)17)11-7-6-10-4-2-3-5-12(10)8-11/h2-8,15H,1H3,(H,16,17)/b14-9+. The number of carbonyl (C=O) groups is 1. The minimum Gasteiger partial charge on any atom is -0.464 e. The maximum atomic E-state index is 10.3. The lowest BCUT2D eigenvalue weighted by molar-refractivity contribution is 0.195. The van der Waals surface area contributed by atoms with E-state index in [1.54, 1.807) is 6.92 Å². The Bertz CT molecular complexity index is 591. The zero-order valence-corrected chi connectivity index (χ0v) is 9.34. The Morgan fingerprint density at radius 1 is 1.18 bits per heavy atom. The summed E-state index contributed by atoms with van der Waals surface area (Å²) < 4.78 is 0. The van der Waals surface area contributed by atoms with Gasteiger partial charge in [-0.3, -0.25) is 0 Å². The number of rotatable bonds is 2. The molecule has 0 saturated carbocycles. The van der Waals surface area contributed by atoms with Crippen LogP contribution in [0.4, 0.5) is 4.79 Å². The van der Waals surface area contributed by atoms with Crippen molar-refractivity contribution in [2.75, 3.05) is 0 Å². The highest BCUT2D eigenvalue weighted by Crippen LogP contribution is 2.15. The van der Waals surface area contributed by atoms with Crippen molar-refractivity contribution in [3.63, 3.8) is 0 Å². The summed E-state index contributed by atoms with van der Waals surface area (Å²) in [5.74, 6) is 0. The predicted octanol–water partition coefficient (Wildman–Crippen LogP) is 2.83. The van der Waals surface area contributed by atoms with E-state index in [4.69, 9.17) is 5.11 Å². The third-order valence-corrected chi connectivity index (χ3v) is 2.49. The molecule has 0 fully saturated rings. The Labute approximate surface area is 98.6 Å². The summed E-state index contributed by atoms with van der Waals surface area (Å²) in [7, 11) is 0. The van der Waals surface area contributed by atoms with Gasteiger partial charge in [-0.2, -0.15) is 5.10 Å². The minimum absolute atomic E-state index is 0.637. The van der Waals surface area contributed by atoms with Crippen molar-refractivity contribution in [2.45, 2.75) is 6.92 Å². The number of amides is 1. The second kappa shape index (κ2) is 4.65. The second-order valence-corrected chi connectivity index (χ2v) is 3.68. The smallest absolute Gasteiger partial charge is 0.425 e. The number of fused-ring (bicyclic) bond motifs is 1. The predicted molar refractivity (Wildman–Crippen MR) is 67.3 cm³/mol. The van der Waals surface area contributed by atoms with Gasteiger partial charge in [0.25, 0.3) is 0 Å². The quantitative estimate of drug-likeness (QED) is 0.613. The van der Waals surface area contributed by atoms with E-state index in [0.717, 1.165) is 16.3 Å². The van der Waals surface area contributed by atoms with Crippen LogP contribution in [-0.4, -0.2) is 16.9 Å². The van der Waals surface area contributed by atoms with E-state index in [0.29, 0.717) is 5.71 Å². The Balaban J connectivity index is 2.36. The molecule has 86 valence electrons. The van der Waals surface area contributed by atoms with Crippen LogP contribution in [0.1, 0.15) is 12.5 Å². The topological polar surface area (TPSA) is 61.7 Å². The highest BCUT2D eigenvalue weighted by Gasteiger charge is 2.00. The van der Waals surface area contributed by atoms with Gasteiger partial charge in [-0.05, 0) is 29.3 Å². The average molecular weight is 228 g/mol. The largest absolute Gasteiger partial charge is 0.464 e. The molecule has 1 amide bonds. The lowest BCUT2D eigenvalue weighted by Crippen LogP contribution is -2.16. The molecule has 0 aliphatic heterocycles. The van der Waals surface area contributed by atoms with E-state index in [1.807, 2.05) is 47.9 Å². The lowest BCUT2D eigenvalue weighted by Gasteiger charge is -2.03. The van der Waals surface area contributed by atoms with Crippen molar-refractivity contribution < 1.29 is 9.90 Å². The number of benzene rings is 2. The molecule has 2 rings (SSSR count). The summed E-state index contributed by atoms with van der Waals surface area (Å²) >= 11 is 0. The highest BCUT2D eigenvalue weighted by atomic mass is 16.4. The molecule has 4 heteroatoms. The van der Waals surface area contributed by atoms with Crippen molar-refractivity contribution in [1.29, 1.82) is 0 Å². The van der Waals surface area contributed by atoms with E-state index < -0.39 is 6.09 Å². The van der Waals surface area contributed by atoms with Crippen LogP contribution in [-0.2, 0) is 0 Å². The number of nitrogens with zero attached hydrogens (tertiary/aromatic N) is 1. The van der Waals surface area contributed by atoms with E-state index in [1.165, 1.54) is 0 Å². The van der Waals surface area contributed by atoms with Crippen LogP contribution in [0.5, 0.6) is 0 Å². The number of hydrazone groups is 1. The molecular formula is C13H12N2O2. The van der Waals surface area contributed by atoms with Gasteiger partial charge in [-0.15, -0.1) is 0 Å². The molecule has 0 aromatic heterocycles. The van der Waals surface area contributed by atoms with Gasteiger partial charge in [0.1, 0.15) is 0 Å². The second-order valence-electron chi connectivity index (χ2n) is 3.68. The zero-order chi connectivity index (χ0) is 12.3. The zero-order valence-electron chi connectivity index (χ0n) is 9.34. The number of carboxylic acid groups (broad SMARTS) is 1. The van der Waals surface area contributed by atoms with E-state index in [2.05, 4.69) is 5.10 Å². The molecule has 0 atom stereocenters. The molecule has 2 aromatic rings. The van der Waals surface area contributed by atoms with Crippen LogP contribution in [0, 0.1) is 0 Å². The molecule has 0 saturated heterocycles. The summed E-state index contributed by atoms with van der Waals surface area (Å²) in [6.07, 6.45) is -1.16. The molecule has 0 unspecified atom stereocenters. The maximum absolute atomic E-state index is 10.3. The van der Waals surface area contributed by atoms with Crippen molar-refractivity contribution in [3.8, 4) is 0 Å². The van der Waals surface area contributed by atoms with Gasteiger partial charge in [0.2, 0.25) is 0 Å². The fraction of sp³-hybridized carbons (Fsp3) is 0.0769. The monoisotopic (exact) mass is 228 g/mol. The SMILES string of the molecule is C/C(=N\NC(=O)O)c1ccc2ccccc2c1. The Hall–Kier alpha value is -2.36. The summed E-state index contributed by atoms with van der Waals surface area (Å²) in [5.41, 5.74) is 3.53. The van der Waals surface area contributed by atoms with Crippen LogP contribution in [0.3, 0.4) is 0 Å².